The Morgan fingerprint density at radius 1 is 1.10 bits per heavy atom. The lowest BCUT2D eigenvalue weighted by atomic mass is 10.1. The quantitative estimate of drug-likeness (QED) is 0.663. The topological polar surface area (TPSA) is 58.6 Å². The maximum atomic E-state index is 13.1. The van der Waals surface area contributed by atoms with Crippen LogP contribution in [0.2, 0.25) is 5.02 Å². The number of hydrogen-bond acceptors (Lipinski definition) is 3. The van der Waals surface area contributed by atoms with Gasteiger partial charge in [-0.3, -0.25) is 9.59 Å². The van der Waals surface area contributed by atoms with Gasteiger partial charge in [0.15, 0.2) is 6.61 Å². The molecule has 6 heteroatoms. The number of likely N-dealkylation sites (N-methyl/N-ethyl adjacent to an activating group) is 1. The Kier molecular flexibility index (Phi) is 8.52. The molecule has 0 saturated heterocycles. The van der Waals surface area contributed by atoms with Gasteiger partial charge in [-0.1, -0.05) is 48.9 Å². The molecule has 0 aliphatic carbocycles. The van der Waals surface area contributed by atoms with Gasteiger partial charge in [0.25, 0.3) is 5.91 Å². The summed E-state index contributed by atoms with van der Waals surface area (Å²) >= 11 is 6.30. The number of nitrogens with one attached hydrogen (secondary N) is 1. The Morgan fingerprint density at radius 2 is 1.83 bits per heavy atom. The number of nitrogens with zero attached hydrogens (tertiary/aromatic N) is 1. The summed E-state index contributed by atoms with van der Waals surface area (Å²) in [7, 11) is 0. The number of aryl methyl sites for hydroxylation is 1. The minimum Gasteiger partial charge on any atom is -0.483 e. The van der Waals surface area contributed by atoms with Crippen LogP contribution < -0.4 is 10.1 Å². The minimum absolute atomic E-state index is 0.148. The number of carbonyl (C=O) groups excluding carboxylic acids is 2. The Balaban J connectivity index is 2.24. The third kappa shape index (κ3) is 5.97. The van der Waals surface area contributed by atoms with Crippen LogP contribution in [0.25, 0.3) is 0 Å². The second-order valence-corrected chi connectivity index (χ2v) is 7.33. The highest BCUT2D eigenvalue weighted by Gasteiger charge is 2.29. The fraction of sp³-hybridized carbons (Fsp3) is 0.391. The average molecular weight is 417 g/mol. The van der Waals surface area contributed by atoms with E-state index in [0.717, 1.165) is 16.7 Å². The van der Waals surface area contributed by atoms with E-state index < -0.39 is 6.04 Å². The van der Waals surface area contributed by atoms with E-state index in [0.29, 0.717) is 23.7 Å². The highest BCUT2D eigenvalue weighted by molar-refractivity contribution is 6.31. The van der Waals surface area contributed by atoms with Crippen molar-refractivity contribution in [2.45, 2.75) is 46.7 Å². The first-order chi connectivity index (χ1) is 13.9. The molecule has 0 heterocycles. The number of benzene rings is 2. The number of halogens is 1. The van der Waals surface area contributed by atoms with Gasteiger partial charge in [-0.25, -0.2) is 0 Å². The average Bonchev–Trinajstić information content (AvgIpc) is 2.70. The molecule has 0 spiro atoms. The van der Waals surface area contributed by atoms with Gasteiger partial charge in [-0.05, 0) is 56.0 Å². The molecule has 29 heavy (non-hydrogen) atoms. The monoisotopic (exact) mass is 416 g/mol. The van der Waals surface area contributed by atoms with E-state index in [1.165, 1.54) is 0 Å². The Hall–Kier alpha value is -2.53. The SMILES string of the molecule is CCNC(=O)C(CC)N(Cc1ccccc1Cl)C(=O)COc1cccc(C)c1C. The second-order valence-electron chi connectivity index (χ2n) is 6.92. The van der Waals surface area contributed by atoms with Crippen molar-refractivity contribution in [2.75, 3.05) is 13.2 Å². The molecule has 1 N–H and O–H groups in total. The van der Waals surface area contributed by atoms with Gasteiger partial charge in [0.05, 0.1) is 0 Å². The Bertz CT molecular complexity index is 854. The Labute approximate surface area is 178 Å². The van der Waals surface area contributed by atoms with Gasteiger partial charge in [0.2, 0.25) is 5.91 Å². The highest BCUT2D eigenvalue weighted by atomic mass is 35.5. The van der Waals surface area contributed by atoms with E-state index in [9.17, 15) is 9.59 Å². The molecule has 1 unspecified atom stereocenters. The van der Waals surface area contributed by atoms with Crippen molar-refractivity contribution in [2.24, 2.45) is 0 Å². The number of amides is 2. The van der Waals surface area contributed by atoms with E-state index in [2.05, 4.69) is 5.32 Å². The maximum Gasteiger partial charge on any atom is 0.261 e. The lowest BCUT2D eigenvalue weighted by molar-refractivity contribution is -0.142. The number of carbonyl (C=O) groups is 2. The number of ether oxygens (including phenoxy) is 1. The largest absolute Gasteiger partial charge is 0.483 e. The van der Waals surface area contributed by atoms with Crippen LogP contribution in [0.3, 0.4) is 0 Å². The maximum absolute atomic E-state index is 13.1. The third-order valence-corrected chi connectivity index (χ3v) is 5.31. The molecular weight excluding hydrogens is 388 g/mol. The van der Waals surface area contributed by atoms with Gasteiger partial charge >= 0.3 is 0 Å². The van der Waals surface area contributed by atoms with E-state index in [1.807, 2.05) is 64.1 Å². The molecule has 0 bridgehead atoms. The molecule has 0 aromatic heterocycles. The molecule has 156 valence electrons. The van der Waals surface area contributed by atoms with Crippen LogP contribution in [0, 0.1) is 13.8 Å². The fourth-order valence-electron chi connectivity index (χ4n) is 3.12. The van der Waals surface area contributed by atoms with E-state index in [4.69, 9.17) is 16.3 Å². The molecule has 1 atom stereocenters. The zero-order chi connectivity index (χ0) is 21.4. The van der Waals surface area contributed by atoms with Crippen LogP contribution in [0.15, 0.2) is 42.5 Å². The molecule has 2 aromatic carbocycles. The van der Waals surface area contributed by atoms with E-state index in [-0.39, 0.29) is 25.0 Å². The predicted octanol–water partition coefficient (Wildman–Crippen LogP) is 4.28. The summed E-state index contributed by atoms with van der Waals surface area (Å²) in [5.74, 6) is 0.230. The molecule has 0 aliphatic rings. The van der Waals surface area contributed by atoms with E-state index >= 15 is 0 Å². The number of rotatable bonds is 9. The summed E-state index contributed by atoms with van der Waals surface area (Å²) in [5, 5.41) is 3.38. The van der Waals surface area contributed by atoms with Crippen molar-refractivity contribution in [1.82, 2.24) is 10.2 Å². The fourth-order valence-corrected chi connectivity index (χ4v) is 3.32. The summed E-state index contributed by atoms with van der Waals surface area (Å²) in [6, 6.07) is 12.5. The molecule has 2 rings (SSSR count). The minimum atomic E-state index is -0.596. The molecule has 0 saturated carbocycles. The van der Waals surface area contributed by atoms with Gasteiger partial charge < -0.3 is 15.0 Å². The van der Waals surface area contributed by atoms with Crippen LogP contribution in [0.1, 0.15) is 37.0 Å². The zero-order valence-electron chi connectivity index (χ0n) is 17.5. The van der Waals surface area contributed by atoms with Crippen molar-refractivity contribution in [3.8, 4) is 5.75 Å². The van der Waals surface area contributed by atoms with Gasteiger partial charge in [0.1, 0.15) is 11.8 Å². The first-order valence-electron chi connectivity index (χ1n) is 9.88. The van der Waals surface area contributed by atoms with Crippen LogP contribution in [0.5, 0.6) is 5.75 Å². The summed E-state index contributed by atoms with van der Waals surface area (Å²) in [6.45, 7) is 8.29. The van der Waals surface area contributed by atoms with Crippen LogP contribution in [-0.2, 0) is 16.1 Å². The van der Waals surface area contributed by atoms with Crippen molar-refractivity contribution in [3.05, 3.63) is 64.2 Å². The summed E-state index contributed by atoms with van der Waals surface area (Å²) in [6.07, 6.45) is 0.492. The summed E-state index contributed by atoms with van der Waals surface area (Å²) in [5.41, 5.74) is 2.88. The van der Waals surface area contributed by atoms with Crippen molar-refractivity contribution in [1.29, 1.82) is 0 Å². The summed E-state index contributed by atoms with van der Waals surface area (Å²) < 4.78 is 5.81. The second kappa shape index (κ2) is 10.9. The van der Waals surface area contributed by atoms with Crippen molar-refractivity contribution < 1.29 is 14.3 Å². The zero-order valence-corrected chi connectivity index (χ0v) is 18.3. The standard InChI is InChI=1S/C23H29ClN2O3/c1-5-20(23(28)25-6-2)26(14-18-11-7-8-12-19(18)24)22(27)15-29-21-13-9-10-16(3)17(21)4/h7-13,20H,5-6,14-15H2,1-4H3,(H,25,28). The van der Waals surface area contributed by atoms with Crippen LogP contribution in [-0.4, -0.2) is 35.9 Å². The van der Waals surface area contributed by atoms with Gasteiger partial charge in [-0.15, -0.1) is 0 Å². The first kappa shape index (κ1) is 22.8. The molecule has 2 aromatic rings. The molecule has 0 radical (unpaired) electrons. The molecule has 5 nitrogen and oxygen atoms in total. The third-order valence-electron chi connectivity index (χ3n) is 4.94. The molecule has 0 aliphatic heterocycles. The predicted molar refractivity (Wildman–Crippen MR) is 116 cm³/mol. The molecular formula is C23H29ClN2O3. The van der Waals surface area contributed by atoms with Crippen molar-refractivity contribution in [3.63, 3.8) is 0 Å². The lowest BCUT2D eigenvalue weighted by Gasteiger charge is -2.30. The van der Waals surface area contributed by atoms with Crippen LogP contribution in [0.4, 0.5) is 0 Å². The first-order valence-corrected chi connectivity index (χ1v) is 10.3. The highest BCUT2D eigenvalue weighted by Crippen LogP contribution is 2.22. The normalized spacial score (nSPS) is 11.6. The Morgan fingerprint density at radius 3 is 2.48 bits per heavy atom. The van der Waals surface area contributed by atoms with Crippen molar-refractivity contribution >= 4 is 23.4 Å². The number of hydrogen-bond donors (Lipinski definition) is 1. The molecule has 2 amide bonds. The summed E-state index contributed by atoms with van der Waals surface area (Å²) in [4.78, 5) is 27.3. The van der Waals surface area contributed by atoms with Crippen LogP contribution >= 0.6 is 11.6 Å². The van der Waals surface area contributed by atoms with Gasteiger partial charge in [0, 0.05) is 18.1 Å². The lowest BCUT2D eigenvalue weighted by Crippen LogP contribution is -2.50. The smallest absolute Gasteiger partial charge is 0.261 e. The van der Waals surface area contributed by atoms with E-state index in [1.54, 1.807) is 11.0 Å². The molecule has 0 fully saturated rings. The van der Waals surface area contributed by atoms with Gasteiger partial charge in [-0.2, -0.15) is 0 Å².